The van der Waals surface area contributed by atoms with E-state index in [1.54, 1.807) is 17.2 Å². The molecule has 1 aliphatic heterocycles. The number of halogens is 1. The van der Waals surface area contributed by atoms with Gasteiger partial charge in [-0.2, -0.15) is 4.98 Å². The first-order valence-corrected chi connectivity index (χ1v) is 13.4. The number of fused-ring (bicyclic) bond motifs is 1. The molecule has 1 aromatic carbocycles. The summed E-state index contributed by atoms with van der Waals surface area (Å²) in [5.74, 6) is 1.39. The number of hydrogen-bond donors (Lipinski definition) is 1. The fourth-order valence-electron chi connectivity index (χ4n) is 4.69. The van der Waals surface area contributed by atoms with Crippen molar-refractivity contribution in [2.24, 2.45) is 0 Å². The maximum absolute atomic E-state index is 11.9. The van der Waals surface area contributed by atoms with E-state index in [4.69, 9.17) is 26.1 Å². The predicted molar refractivity (Wildman–Crippen MR) is 145 cm³/mol. The van der Waals surface area contributed by atoms with Crippen molar-refractivity contribution in [3.05, 3.63) is 59.1 Å². The van der Waals surface area contributed by atoms with Gasteiger partial charge in [0.25, 0.3) is 5.91 Å². The van der Waals surface area contributed by atoms with Crippen LogP contribution in [0.1, 0.15) is 37.4 Å². The molecule has 1 saturated heterocycles. The SMILES string of the molecule is Cc1ccnc(Cn2c(-c3ccc(OCCN4CC[C@@H](O)C4=O)cc3Cl)nc3c(OC4(C)CC4)ncnc32)c1. The van der Waals surface area contributed by atoms with Gasteiger partial charge in [0, 0.05) is 18.3 Å². The zero-order chi connectivity index (χ0) is 27.1. The van der Waals surface area contributed by atoms with Crippen molar-refractivity contribution < 1.29 is 19.4 Å². The van der Waals surface area contributed by atoms with Gasteiger partial charge in [-0.05, 0) is 69.0 Å². The van der Waals surface area contributed by atoms with Crippen LogP contribution < -0.4 is 9.47 Å². The summed E-state index contributed by atoms with van der Waals surface area (Å²) >= 11 is 6.78. The monoisotopic (exact) mass is 548 g/mol. The molecule has 4 heterocycles. The van der Waals surface area contributed by atoms with Crippen LogP contribution in [0.15, 0.2) is 42.9 Å². The zero-order valence-electron chi connectivity index (χ0n) is 21.8. The van der Waals surface area contributed by atoms with Crippen LogP contribution in [0.2, 0.25) is 5.02 Å². The molecular formula is C28H29ClN6O4. The molecule has 1 atom stereocenters. The van der Waals surface area contributed by atoms with E-state index < -0.39 is 6.10 Å². The summed E-state index contributed by atoms with van der Waals surface area (Å²) < 4.78 is 14.1. The Morgan fingerprint density at radius 3 is 2.74 bits per heavy atom. The second-order valence-corrected chi connectivity index (χ2v) is 10.8. The van der Waals surface area contributed by atoms with Crippen LogP contribution in [0.3, 0.4) is 0 Å². The lowest BCUT2D eigenvalue weighted by molar-refractivity contribution is -0.134. The minimum absolute atomic E-state index is 0.224. The van der Waals surface area contributed by atoms with E-state index in [1.807, 2.05) is 35.8 Å². The van der Waals surface area contributed by atoms with E-state index in [2.05, 4.69) is 21.9 Å². The molecule has 0 radical (unpaired) electrons. The maximum Gasteiger partial charge on any atom is 0.251 e. The summed E-state index contributed by atoms with van der Waals surface area (Å²) in [6, 6.07) is 9.41. The summed E-state index contributed by atoms with van der Waals surface area (Å²) in [5, 5.41) is 10.1. The van der Waals surface area contributed by atoms with Crippen LogP contribution in [0.4, 0.5) is 0 Å². The van der Waals surface area contributed by atoms with Gasteiger partial charge in [-0.25, -0.2) is 9.97 Å². The fraction of sp³-hybridized carbons (Fsp3) is 0.393. The normalized spacial score (nSPS) is 18.1. The molecule has 10 nitrogen and oxygen atoms in total. The van der Waals surface area contributed by atoms with Crippen LogP contribution in [0.25, 0.3) is 22.6 Å². The Morgan fingerprint density at radius 1 is 1.18 bits per heavy atom. The van der Waals surface area contributed by atoms with Gasteiger partial charge in [-0.3, -0.25) is 9.78 Å². The number of aliphatic hydroxyl groups is 1. The van der Waals surface area contributed by atoms with Gasteiger partial charge in [0.15, 0.2) is 11.2 Å². The van der Waals surface area contributed by atoms with Crippen molar-refractivity contribution in [1.29, 1.82) is 0 Å². The molecule has 2 aliphatic rings. The summed E-state index contributed by atoms with van der Waals surface area (Å²) in [4.78, 5) is 31.9. The highest BCUT2D eigenvalue weighted by atomic mass is 35.5. The predicted octanol–water partition coefficient (Wildman–Crippen LogP) is 3.80. The highest BCUT2D eigenvalue weighted by Gasteiger charge is 2.41. The fourth-order valence-corrected chi connectivity index (χ4v) is 4.94. The number of nitrogens with zero attached hydrogens (tertiary/aromatic N) is 6. The number of ether oxygens (including phenoxy) is 2. The smallest absolute Gasteiger partial charge is 0.251 e. The van der Waals surface area contributed by atoms with E-state index in [9.17, 15) is 9.90 Å². The van der Waals surface area contributed by atoms with Gasteiger partial charge < -0.3 is 24.0 Å². The van der Waals surface area contributed by atoms with E-state index in [0.717, 1.165) is 24.1 Å². The Kier molecular flexibility index (Phi) is 6.60. The average Bonchev–Trinajstić information content (AvgIpc) is 3.40. The number of likely N-dealkylation sites (tertiary alicyclic amines) is 1. The number of amides is 1. The Bertz CT molecular complexity index is 1550. The number of hydrogen-bond acceptors (Lipinski definition) is 8. The number of pyridine rings is 1. The number of aryl methyl sites for hydroxylation is 1. The molecule has 39 heavy (non-hydrogen) atoms. The van der Waals surface area contributed by atoms with Crippen LogP contribution in [-0.4, -0.2) is 71.8 Å². The lowest BCUT2D eigenvalue weighted by atomic mass is 10.2. The topological polar surface area (TPSA) is 115 Å². The average molecular weight is 549 g/mol. The molecule has 6 rings (SSSR count). The lowest BCUT2D eigenvalue weighted by Crippen LogP contribution is -2.32. The Hall–Kier alpha value is -3.76. The third-order valence-corrected chi connectivity index (χ3v) is 7.48. The van der Waals surface area contributed by atoms with Gasteiger partial charge in [-0.1, -0.05) is 11.6 Å². The number of benzene rings is 1. The first-order valence-electron chi connectivity index (χ1n) is 13.0. The number of imidazole rings is 1. The first-order chi connectivity index (χ1) is 18.8. The summed E-state index contributed by atoms with van der Waals surface area (Å²) in [6.45, 7) is 5.75. The van der Waals surface area contributed by atoms with E-state index in [-0.39, 0.29) is 11.5 Å². The number of carbonyl (C=O) groups excluding carboxylic acids is 1. The highest BCUT2D eigenvalue weighted by molar-refractivity contribution is 6.33. The lowest BCUT2D eigenvalue weighted by Gasteiger charge is -2.16. The van der Waals surface area contributed by atoms with Crippen molar-refractivity contribution in [2.45, 2.75) is 51.4 Å². The number of aliphatic hydroxyl groups excluding tert-OH is 1. The molecule has 11 heteroatoms. The molecule has 4 aromatic rings. The molecule has 3 aromatic heterocycles. The second-order valence-electron chi connectivity index (χ2n) is 10.4. The number of rotatable bonds is 9. The van der Waals surface area contributed by atoms with E-state index in [1.165, 1.54) is 6.33 Å². The minimum Gasteiger partial charge on any atom is -0.492 e. The van der Waals surface area contributed by atoms with Crippen molar-refractivity contribution in [1.82, 2.24) is 29.4 Å². The molecule has 0 spiro atoms. The molecule has 0 bridgehead atoms. The standard InChI is InChI=1S/C28H29ClN6O4/c1-17-5-9-30-18(13-17)15-35-24(33-23-25(35)31-16-32-26(23)39-28(2)7-8-28)20-4-3-19(14-21(20)29)38-12-11-34-10-6-22(36)27(34)37/h3-5,9,13-14,16,22,36H,6-8,10-12,15H2,1-2H3/t22-/m1/s1. The number of aromatic nitrogens is 5. The Morgan fingerprint density at radius 2 is 2.03 bits per heavy atom. The van der Waals surface area contributed by atoms with Crippen LogP contribution in [-0.2, 0) is 11.3 Å². The quantitative estimate of drug-likeness (QED) is 0.336. The Labute approximate surface area is 230 Å². The largest absolute Gasteiger partial charge is 0.492 e. The van der Waals surface area contributed by atoms with E-state index >= 15 is 0 Å². The summed E-state index contributed by atoms with van der Waals surface area (Å²) in [6.07, 6.45) is 4.77. The van der Waals surface area contributed by atoms with Crippen LogP contribution >= 0.6 is 11.6 Å². The van der Waals surface area contributed by atoms with Gasteiger partial charge in [0.05, 0.1) is 23.8 Å². The van der Waals surface area contributed by atoms with Crippen molar-refractivity contribution in [3.8, 4) is 23.0 Å². The molecule has 1 amide bonds. The second kappa shape index (κ2) is 10.1. The van der Waals surface area contributed by atoms with Gasteiger partial charge in [-0.15, -0.1) is 0 Å². The van der Waals surface area contributed by atoms with Crippen LogP contribution in [0.5, 0.6) is 11.6 Å². The van der Waals surface area contributed by atoms with Crippen LogP contribution in [0, 0.1) is 6.92 Å². The summed E-state index contributed by atoms with van der Waals surface area (Å²) in [5.41, 5.74) is 3.66. The van der Waals surface area contributed by atoms with Gasteiger partial charge >= 0.3 is 0 Å². The third kappa shape index (κ3) is 5.26. The molecule has 2 fully saturated rings. The minimum atomic E-state index is -0.907. The third-order valence-electron chi connectivity index (χ3n) is 7.17. The van der Waals surface area contributed by atoms with E-state index in [0.29, 0.717) is 71.9 Å². The van der Waals surface area contributed by atoms with Crippen molar-refractivity contribution in [3.63, 3.8) is 0 Å². The van der Waals surface area contributed by atoms with Gasteiger partial charge in [0.2, 0.25) is 5.88 Å². The molecule has 1 N–H and O–H groups in total. The molecule has 1 aliphatic carbocycles. The molecular weight excluding hydrogens is 520 g/mol. The molecule has 202 valence electrons. The Balaban J connectivity index is 1.31. The van der Waals surface area contributed by atoms with Crippen molar-refractivity contribution in [2.75, 3.05) is 19.7 Å². The molecule has 1 saturated carbocycles. The number of carbonyl (C=O) groups is 1. The van der Waals surface area contributed by atoms with Crippen molar-refractivity contribution >= 4 is 28.7 Å². The summed E-state index contributed by atoms with van der Waals surface area (Å²) in [7, 11) is 0. The first kappa shape index (κ1) is 25.5. The zero-order valence-corrected chi connectivity index (χ0v) is 22.6. The highest BCUT2D eigenvalue weighted by Crippen LogP contribution is 2.41. The van der Waals surface area contributed by atoms with Gasteiger partial charge in [0.1, 0.15) is 36.2 Å². The maximum atomic E-state index is 11.9. The molecule has 0 unspecified atom stereocenters.